The summed E-state index contributed by atoms with van der Waals surface area (Å²) in [6, 6.07) is 20.1. The number of carbonyl (C=O) groups excluding carboxylic acids is 3. The van der Waals surface area contributed by atoms with Crippen LogP contribution in [0.4, 0.5) is 54.3 Å². The molecular weight excluding hydrogens is 1650 g/mol. The molecule has 0 bridgehead atoms. The van der Waals surface area contributed by atoms with Crippen molar-refractivity contribution in [3.05, 3.63) is 148 Å². The first-order chi connectivity index (χ1) is 61.5. The van der Waals surface area contributed by atoms with E-state index in [0.29, 0.717) is 182 Å². The number of pyridine rings is 2. The number of alkyl halides is 2. The maximum Gasteiger partial charge on any atom is 0.356 e. The van der Waals surface area contributed by atoms with Crippen molar-refractivity contribution in [1.29, 1.82) is 0 Å². The van der Waals surface area contributed by atoms with Crippen LogP contribution in [0, 0.1) is 35.1 Å². The molecule has 16 heterocycles. The molecule has 7 aromatic heterocycles. The Labute approximate surface area is 724 Å². The van der Waals surface area contributed by atoms with Gasteiger partial charge in [0.25, 0.3) is 5.91 Å². The molecule has 0 unspecified atom stereocenters. The number of aromatic nitrogens is 11. The Bertz CT molecular complexity index is 6400. The Hall–Kier alpha value is -12.5. The van der Waals surface area contributed by atoms with E-state index in [2.05, 4.69) is 50.2 Å². The fourth-order valence-electron chi connectivity index (χ4n) is 21.4. The van der Waals surface area contributed by atoms with Gasteiger partial charge in [0.05, 0.1) is 57.4 Å². The van der Waals surface area contributed by atoms with Gasteiger partial charge in [-0.05, 0) is 202 Å². The van der Waals surface area contributed by atoms with E-state index in [1.165, 1.54) is 65.8 Å². The summed E-state index contributed by atoms with van der Waals surface area (Å²) in [7, 11) is 0. The van der Waals surface area contributed by atoms with E-state index in [0.717, 1.165) is 101 Å². The number of hydrogen-bond acceptors (Lipinski definition) is 23. The summed E-state index contributed by atoms with van der Waals surface area (Å²) in [6.07, 6.45) is 12.1. The van der Waals surface area contributed by atoms with Crippen LogP contribution in [-0.2, 0) is 43.8 Å². The number of ether oxygens (including phenoxy) is 2. The van der Waals surface area contributed by atoms with Crippen LogP contribution in [0.25, 0.3) is 76.8 Å². The topological polar surface area (TPSA) is 321 Å². The lowest BCUT2D eigenvalue weighted by Gasteiger charge is -2.37. The number of carboxylic acids is 1. The second kappa shape index (κ2) is 33.3. The molecule has 0 aliphatic carbocycles. The number of aromatic carboxylic acids is 1. The number of likely N-dealkylation sites (tertiary alicyclic amines) is 1. The van der Waals surface area contributed by atoms with E-state index in [9.17, 15) is 43.3 Å². The van der Waals surface area contributed by atoms with E-state index >= 15 is 17.6 Å². The number of rotatable bonds is 18. The highest BCUT2D eigenvalue weighted by molar-refractivity contribution is 6.10. The van der Waals surface area contributed by atoms with Crippen molar-refractivity contribution in [3.8, 4) is 46.0 Å². The molecule has 4 N–H and O–H groups in total. The lowest BCUT2D eigenvalue weighted by molar-refractivity contribution is -0.120. The van der Waals surface area contributed by atoms with Crippen LogP contribution >= 0.6 is 0 Å². The molecular formula is C92H95F6N19O10. The molecule has 7 fully saturated rings. The smallest absolute Gasteiger partial charge is 0.356 e. The van der Waals surface area contributed by atoms with Gasteiger partial charge < -0.3 is 48.9 Å². The van der Waals surface area contributed by atoms with E-state index < -0.39 is 58.7 Å². The predicted molar refractivity (Wildman–Crippen MR) is 460 cm³/mol. The van der Waals surface area contributed by atoms with Crippen molar-refractivity contribution in [2.75, 3.05) is 105 Å². The largest absolute Gasteiger partial charge is 0.508 e. The van der Waals surface area contributed by atoms with Gasteiger partial charge in [-0.2, -0.15) is 30.1 Å². The van der Waals surface area contributed by atoms with E-state index in [-0.39, 0.29) is 113 Å². The van der Waals surface area contributed by atoms with Crippen LogP contribution in [0.5, 0.6) is 23.5 Å². The zero-order valence-corrected chi connectivity index (χ0v) is 70.3. The standard InChI is InChI=1S/C57H61F3N12O6.C35H34F3N7O4/c1-2-39-43(59)9-8-35-25-38(73)27-41(47(35)39)49-48(60)50-42(29-61-49)52(64-55(63-50)77-32-57-15-4-17-70(57)30-36(58)28-57)69-16-5-18-72-37(31-69)26-44(65-72)54(75)68-21-12-34(13-22-68)24-33-10-19-67(20-11-33)45-7-3-6-40-51(45)78-66-53(40)71-23-14-46(74)62-56(71)76;1-2-23-26(37)6-5-19-11-22(46)13-24(28(19)23)30-29(38)31-25(15-39-30)32(43-8-4-10-45-21(17-43)12-27(42-45)33(47)48)41-34(40-31)49-18-35-7-3-9-44(35)16-20(36)14-35/h3,6-9,25-27,29,33-34,36,73H,2,4-5,10-24,28,30-32H2,1H3,(H,62,74,76);5-6,11-13,15,20,46H,2-4,7-10,14,16-18H2,1H3,(H,47,48)/t36-,57+;20-,35+/m11/s1. The van der Waals surface area contributed by atoms with E-state index in [4.69, 9.17) is 29.1 Å². The third-order valence-electron chi connectivity index (χ3n) is 27.6. The highest BCUT2D eigenvalue weighted by Crippen LogP contribution is 2.47. The maximum absolute atomic E-state index is 17.5. The summed E-state index contributed by atoms with van der Waals surface area (Å²) in [5, 5.41) is 50.0. The Balaban J connectivity index is 0.000000178. The van der Waals surface area contributed by atoms with Gasteiger partial charge in [0.2, 0.25) is 5.91 Å². The molecule has 4 atom stereocenters. The summed E-state index contributed by atoms with van der Waals surface area (Å²) in [5.74, 6) is -2.10. The van der Waals surface area contributed by atoms with Gasteiger partial charge >= 0.3 is 24.0 Å². The fraction of sp³-hybridized carbons (Fsp3) is 0.446. The van der Waals surface area contributed by atoms with E-state index in [1.54, 1.807) is 17.7 Å². The van der Waals surface area contributed by atoms with Gasteiger partial charge in [-0.15, -0.1) is 0 Å². The number of piperidine rings is 2. The first-order valence-electron chi connectivity index (χ1n) is 44.1. The normalized spacial score (nSPS) is 21.4. The average molecular weight is 1740 g/mol. The zero-order chi connectivity index (χ0) is 87.4. The molecule has 29 nitrogen and oxygen atoms in total. The summed E-state index contributed by atoms with van der Waals surface area (Å²) >= 11 is 0. The van der Waals surface area contributed by atoms with Gasteiger partial charge in [0.1, 0.15) is 82.7 Å². The number of urea groups is 1. The summed E-state index contributed by atoms with van der Waals surface area (Å²) < 4.78 is 116. The molecule has 4 amide bonds. The van der Waals surface area contributed by atoms with Crippen molar-refractivity contribution in [2.45, 2.75) is 166 Å². The highest BCUT2D eigenvalue weighted by atomic mass is 19.2. The minimum Gasteiger partial charge on any atom is -0.508 e. The molecule has 9 aliphatic heterocycles. The Morgan fingerprint density at radius 3 is 1.61 bits per heavy atom. The number of aryl methyl sites for hydroxylation is 4. The lowest BCUT2D eigenvalue weighted by Crippen LogP contribution is -2.49. The number of carboxylic acid groups (broad SMARTS) is 1. The van der Waals surface area contributed by atoms with Gasteiger partial charge in [-0.1, -0.05) is 37.2 Å². The van der Waals surface area contributed by atoms with Crippen LogP contribution < -0.4 is 34.4 Å². The number of carbonyl (C=O) groups is 4. The third kappa shape index (κ3) is 15.3. The number of para-hydroxylation sites is 1. The number of anilines is 4. The van der Waals surface area contributed by atoms with Crippen LogP contribution in [0.2, 0.25) is 0 Å². The molecule has 21 rings (SSSR count). The molecule has 35 heteroatoms. The Morgan fingerprint density at radius 2 is 1.09 bits per heavy atom. The lowest BCUT2D eigenvalue weighted by atomic mass is 9.82. The van der Waals surface area contributed by atoms with Gasteiger partial charge in [0, 0.05) is 115 Å². The molecule has 5 aromatic carbocycles. The number of aromatic hydroxyl groups is 2. The molecule has 0 spiro atoms. The van der Waals surface area contributed by atoms with Crippen LogP contribution in [-0.4, -0.2) is 217 Å². The van der Waals surface area contributed by atoms with Gasteiger partial charge in [0.15, 0.2) is 34.4 Å². The number of phenolic OH excluding ortho intramolecular Hbond substituents is 2. The second-order valence-electron chi connectivity index (χ2n) is 35.4. The molecule has 12 aromatic rings. The second-order valence-corrected chi connectivity index (χ2v) is 35.4. The maximum atomic E-state index is 17.5. The Morgan fingerprint density at radius 1 is 0.575 bits per heavy atom. The fourth-order valence-corrected chi connectivity index (χ4v) is 21.4. The summed E-state index contributed by atoms with van der Waals surface area (Å²) in [5.41, 5.74) is 3.10. The zero-order valence-electron chi connectivity index (χ0n) is 70.3. The molecule has 660 valence electrons. The van der Waals surface area contributed by atoms with Gasteiger partial charge in [-0.25, -0.2) is 35.9 Å². The number of halogens is 6. The number of imide groups is 1. The SMILES string of the molecule is CCc1c(F)ccc2cc(O)cc(-c3ncc4c(N5CCCn6nc(C(=O)N7CCC(CC8CCN(c9cccc%10c(N%11CCC(=O)NC%11=O)noc9%10)CC8)CC7)cc6C5)nc(OC[C@@]56CCCN5C[C@H](F)C6)nc4c3F)c12.CCc1c(F)ccc2cc(O)cc(-c3ncc4c(N5CCCn6nc(C(=O)O)cc6C5)nc(OC[C@@]56CCCN5C[C@H](F)C6)nc4c3F)c12. The van der Waals surface area contributed by atoms with Crippen LogP contribution in [0.15, 0.2) is 95.8 Å². The van der Waals surface area contributed by atoms with E-state index in [1.807, 2.05) is 50.6 Å². The van der Waals surface area contributed by atoms with Crippen LogP contribution in [0.1, 0.15) is 147 Å². The number of amides is 4. The van der Waals surface area contributed by atoms with Crippen molar-refractivity contribution in [3.63, 3.8) is 0 Å². The number of nitrogens with zero attached hydrogens (tertiary/aromatic N) is 18. The Kier molecular flexibility index (Phi) is 21.7. The molecule has 127 heavy (non-hydrogen) atoms. The number of nitrogens with one attached hydrogen (secondary N) is 1. The summed E-state index contributed by atoms with van der Waals surface area (Å²) in [4.78, 5) is 92.1. The predicted octanol–water partition coefficient (Wildman–Crippen LogP) is 14.4. The first-order valence-corrected chi connectivity index (χ1v) is 44.1. The highest BCUT2D eigenvalue weighted by Gasteiger charge is 2.51. The number of hydrogen-bond donors (Lipinski definition) is 4. The third-order valence-corrected chi connectivity index (χ3v) is 27.6. The number of benzene rings is 5. The molecule has 0 radical (unpaired) electrons. The first kappa shape index (κ1) is 82.7. The van der Waals surface area contributed by atoms with Crippen molar-refractivity contribution < 1.29 is 74.8 Å². The minimum atomic E-state index is -1.14. The molecule has 0 saturated carbocycles. The monoisotopic (exact) mass is 1740 g/mol. The van der Waals surface area contributed by atoms with Gasteiger partial charge in [-0.3, -0.25) is 48.9 Å². The number of phenols is 2. The molecule has 7 saturated heterocycles. The molecule has 9 aliphatic rings. The average Bonchev–Trinajstić information content (AvgIpc) is 1.59. The van der Waals surface area contributed by atoms with Crippen molar-refractivity contribution in [2.24, 2.45) is 11.8 Å². The van der Waals surface area contributed by atoms with Crippen LogP contribution in [0.3, 0.4) is 0 Å². The summed E-state index contributed by atoms with van der Waals surface area (Å²) in [6.45, 7) is 11.9. The van der Waals surface area contributed by atoms with Crippen molar-refractivity contribution >= 4 is 101 Å². The quantitative estimate of drug-likeness (QED) is 0.0580. The number of fused-ring (bicyclic) bond motifs is 9. The minimum absolute atomic E-state index is 0.0632. The van der Waals surface area contributed by atoms with Crippen molar-refractivity contribution in [1.82, 2.24) is 74.6 Å².